The van der Waals surface area contributed by atoms with Gasteiger partial charge in [0.25, 0.3) is 0 Å². The van der Waals surface area contributed by atoms with Crippen molar-refractivity contribution in [2.75, 3.05) is 24.6 Å². The Labute approximate surface area is 312 Å². The van der Waals surface area contributed by atoms with Crippen molar-refractivity contribution in [2.45, 2.75) is 101 Å². The lowest BCUT2D eigenvalue weighted by Gasteiger charge is -2.48. The van der Waals surface area contributed by atoms with E-state index < -0.39 is 23.3 Å². The number of carbonyl (C=O) groups is 1. The van der Waals surface area contributed by atoms with E-state index in [1.807, 2.05) is 32.6 Å². The van der Waals surface area contributed by atoms with E-state index in [0.717, 1.165) is 37.8 Å². The maximum atomic E-state index is 17.4. The molecule has 2 aromatic carbocycles. The van der Waals surface area contributed by atoms with E-state index in [-0.39, 0.29) is 58.4 Å². The zero-order valence-corrected chi connectivity index (χ0v) is 30.9. The van der Waals surface area contributed by atoms with Gasteiger partial charge >= 0.3 is 12.1 Å². The van der Waals surface area contributed by atoms with Crippen molar-refractivity contribution in [3.8, 4) is 35.5 Å². The normalized spacial score (nSPS) is 29.4. The van der Waals surface area contributed by atoms with Crippen LogP contribution in [-0.4, -0.2) is 92.0 Å². The number of nitrogens with zero attached hydrogens (tertiary/aromatic N) is 6. The largest absolute Gasteiger partial charge is 0.472 e. The number of aromatic nitrogens is 3. The quantitative estimate of drug-likeness (QED) is 0.162. The molecule has 10 nitrogen and oxygen atoms in total. The second kappa shape index (κ2) is 11.5. The highest BCUT2D eigenvalue weighted by Crippen LogP contribution is 2.58. The van der Waals surface area contributed by atoms with E-state index in [2.05, 4.69) is 22.3 Å². The van der Waals surface area contributed by atoms with Crippen LogP contribution in [0, 0.1) is 29.9 Å². The molecule has 7 atom stereocenters. The number of piperidine rings is 1. The number of fused-ring (bicyclic) bond motifs is 9. The maximum Gasteiger partial charge on any atom is 0.410 e. The fourth-order valence-corrected chi connectivity index (χ4v) is 10.3. The van der Waals surface area contributed by atoms with Gasteiger partial charge in [-0.05, 0) is 77.2 Å². The van der Waals surface area contributed by atoms with Crippen LogP contribution in [0.25, 0.3) is 32.9 Å². The van der Waals surface area contributed by atoms with Crippen LogP contribution in [0.5, 0.6) is 11.9 Å². The molecule has 2 aromatic heterocycles. The summed E-state index contributed by atoms with van der Waals surface area (Å²) in [5, 5.41) is 1.33. The summed E-state index contributed by atoms with van der Waals surface area (Å²) < 4.78 is 51.7. The van der Waals surface area contributed by atoms with Crippen LogP contribution in [0.4, 0.5) is 19.4 Å². The zero-order chi connectivity index (χ0) is 37.4. The fraction of sp³-hybridized carbons (Fsp3) is 0.476. The highest BCUT2D eigenvalue weighted by atomic mass is 19.1. The Morgan fingerprint density at radius 3 is 2.76 bits per heavy atom. The minimum Gasteiger partial charge on any atom is -0.472 e. The van der Waals surface area contributed by atoms with Crippen LogP contribution in [0.15, 0.2) is 42.5 Å². The van der Waals surface area contributed by atoms with Crippen LogP contribution >= 0.6 is 0 Å². The first-order valence-electron chi connectivity index (χ1n) is 19.0. The molecule has 1 aliphatic carbocycles. The van der Waals surface area contributed by atoms with Crippen LogP contribution in [0.2, 0.25) is 0 Å². The lowest BCUT2D eigenvalue weighted by molar-refractivity contribution is 0.000937. The van der Waals surface area contributed by atoms with Crippen molar-refractivity contribution >= 4 is 33.6 Å². The van der Waals surface area contributed by atoms with E-state index in [1.165, 1.54) is 12.5 Å². The number of carbonyl (C=O) groups excluding carboxylic acids is 1. The van der Waals surface area contributed by atoms with Gasteiger partial charge in [0, 0.05) is 30.1 Å². The van der Waals surface area contributed by atoms with Gasteiger partial charge in [-0.3, -0.25) is 9.80 Å². The Hall–Kier alpha value is -5.02. The van der Waals surface area contributed by atoms with E-state index in [1.54, 1.807) is 24.3 Å². The number of pyridine rings is 1. The van der Waals surface area contributed by atoms with Crippen molar-refractivity contribution in [1.82, 2.24) is 24.8 Å². The Morgan fingerprint density at radius 2 is 1.96 bits per heavy atom. The number of rotatable bonds is 4. The molecule has 0 radical (unpaired) electrons. The molecule has 1 amide bonds. The standard InChI is InChI=1S/C42H42F2N6O4/c1-7-26-28(43)13-11-23-9-8-10-27(31(23)26)34-33(44)35-32-37(47-39(46-35)52-20-42-18-24-17-30(24)49(42)16-15-21(42)2)48-19-25-12-14-29(36(48)22(3)53-38(32)45-34)50(25)40(51)54-41(4,5)6/h1,8-11,13,22,24-25,29-30,36H,2,12,14-20H2,3-6H3/t22-,24?,25+,29-,30?,36+,42?/m0/s1. The first-order valence-corrected chi connectivity index (χ1v) is 19.0. The molecule has 278 valence electrons. The Morgan fingerprint density at radius 1 is 1.13 bits per heavy atom. The molecular weight excluding hydrogens is 690 g/mol. The summed E-state index contributed by atoms with van der Waals surface area (Å²) in [7, 11) is 0. The number of hydrogen-bond donors (Lipinski definition) is 0. The summed E-state index contributed by atoms with van der Waals surface area (Å²) in [6.45, 7) is 13.6. The third-order valence-electron chi connectivity index (χ3n) is 12.7. The molecular formula is C42H42F2N6O4. The van der Waals surface area contributed by atoms with E-state index in [4.69, 9.17) is 35.6 Å². The number of terminal acetylenes is 1. The van der Waals surface area contributed by atoms with Gasteiger partial charge in [0.05, 0.1) is 29.2 Å². The van der Waals surface area contributed by atoms with Crippen LogP contribution in [0.3, 0.4) is 0 Å². The summed E-state index contributed by atoms with van der Waals surface area (Å²) in [6.07, 6.45) is 9.54. The molecule has 3 unspecified atom stereocenters. The number of halogens is 2. The summed E-state index contributed by atoms with van der Waals surface area (Å²) in [4.78, 5) is 34.8. The molecule has 5 fully saturated rings. The monoisotopic (exact) mass is 732 g/mol. The van der Waals surface area contributed by atoms with Crippen LogP contribution < -0.4 is 14.4 Å². The number of amides is 1. The number of hydrogen-bond acceptors (Lipinski definition) is 9. The van der Waals surface area contributed by atoms with Crippen molar-refractivity contribution in [3.05, 3.63) is 59.7 Å². The molecule has 6 aliphatic rings. The number of piperazine rings is 1. The van der Waals surface area contributed by atoms with E-state index >= 15 is 8.78 Å². The summed E-state index contributed by atoms with van der Waals surface area (Å²) in [6, 6.07) is 7.97. The molecule has 1 saturated carbocycles. The third kappa shape index (κ3) is 4.79. The molecule has 12 heteroatoms. The zero-order valence-electron chi connectivity index (χ0n) is 30.9. The molecule has 5 aliphatic heterocycles. The minimum absolute atomic E-state index is 0.0163. The summed E-state index contributed by atoms with van der Waals surface area (Å²) in [5.74, 6) is 2.38. The Kier molecular flexibility index (Phi) is 7.14. The second-order valence-corrected chi connectivity index (χ2v) is 16.9. The van der Waals surface area contributed by atoms with Gasteiger partial charge < -0.3 is 19.1 Å². The molecule has 7 heterocycles. The van der Waals surface area contributed by atoms with E-state index in [0.29, 0.717) is 52.7 Å². The number of ether oxygens (including phenoxy) is 3. The lowest BCUT2D eigenvalue weighted by Crippen LogP contribution is -2.65. The first kappa shape index (κ1) is 33.5. The van der Waals surface area contributed by atoms with Gasteiger partial charge in [-0.1, -0.05) is 42.3 Å². The van der Waals surface area contributed by atoms with Gasteiger partial charge in [-0.25, -0.2) is 18.6 Å². The minimum atomic E-state index is -0.723. The highest BCUT2D eigenvalue weighted by Gasteiger charge is 2.63. The summed E-state index contributed by atoms with van der Waals surface area (Å²) >= 11 is 0. The summed E-state index contributed by atoms with van der Waals surface area (Å²) in [5.41, 5.74) is 0.421. The van der Waals surface area contributed by atoms with Crippen LogP contribution in [0.1, 0.15) is 65.4 Å². The van der Waals surface area contributed by atoms with Crippen molar-refractivity contribution in [3.63, 3.8) is 0 Å². The number of anilines is 1. The van der Waals surface area contributed by atoms with Gasteiger partial charge in [-0.2, -0.15) is 9.97 Å². The van der Waals surface area contributed by atoms with Crippen molar-refractivity contribution in [2.24, 2.45) is 5.92 Å². The third-order valence-corrected chi connectivity index (χ3v) is 12.7. The molecule has 0 N–H and O–H groups in total. The molecule has 4 aromatic rings. The van der Waals surface area contributed by atoms with Gasteiger partial charge in [0.2, 0.25) is 5.88 Å². The Balaban J connectivity index is 1.14. The number of benzene rings is 2. The molecule has 4 saturated heterocycles. The average molecular weight is 733 g/mol. The smallest absolute Gasteiger partial charge is 0.410 e. The molecule has 0 spiro atoms. The second-order valence-electron chi connectivity index (χ2n) is 16.9. The Bertz CT molecular complexity index is 2360. The van der Waals surface area contributed by atoms with Crippen molar-refractivity contribution < 1.29 is 27.8 Å². The predicted octanol–water partition coefficient (Wildman–Crippen LogP) is 7.01. The van der Waals surface area contributed by atoms with Gasteiger partial charge in [0.1, 0.15) is 46.5 Å². The maximum absolute atomic E-state index is 17.4. The topological polar surface area (TPSA) is 93.2 Å². The molecule has 10 rings (SSSR count). The van der Waals surface area contributed by atoms with Gasteiger partial charge in [0.15, 0.2) is 5.82 Å². The fourth-order valence-electron chi connectivity index (χ4n) is 10.3. The SMILES string of the molecule is C#Cc1c(F)ccc2cccc(-c3nc4c5c(nc(OCC67CC8CC8N6CCC7=C)nc5c3F)N3C[C@H]5CC[C@@H]([C@H]3[C@H](C)O4)N5C(=O)OC(C)(C)C)c12. The van der Waals surface area contributed by atoms with Gasteiger partial charge in [-0.15, -0.1) is 6.42 Å². The first-order chi connectivity index (χ1) is 25.9. The highest BCUT2D eigenvalue weighted by molar-refractivity contribution is 6.03. The average Bonchev–Trinajstić information content (AvgIpc) is 3.60. The van der Waals surface area contributed by atoms with E-state index in [9.17, 15) is 4.79 Å². The molecule has 2 bridgehead atoms. The lowest BCUT2D eigenvalue weighted by atomic mass is 9.89. The van der Waals surface area contributed by atoms with Crippen molar-refractivity contribution in [1.29, 1.82) is 0 Å². The predicted molar refractivity (Wildman–Crippen MR) is 199 cm³/mol. The molecule has 54 heavy (non-hydrogen) atoms. The van der Waals surface area contributed by atoms with Crippen LogP contribution in [-0.2, 0) is 4.74 Å².